The van der Waals surface area contributed by atoms with Crippen LogP contribution >= 0.6 is 0 Å². The topological polar surface area (TPSA) is 89.9 Å². The quantitative estimate of drug-likeness (QED) is 0.760. The van der Waals surface area contributed by atoms with Gasteiger partial charge in [0.2, 0.25) is 0 Å². The Labute approximate surface area is 92.1 Å². The molecule has 1 fully saturated rings. The van der Waals surface area contributed by atoms with Crippen molar-refractivity contribution in [3.8, 4) is 0 Å². The van der Waals surface area contributed by atoms with Crippen molar-refractivity contribution in [2.24, 2.45) is 11.8 Å². The van der Waals surface area contributed by atoms with Crippen LogP contribution in [0.5, 0.6) is 0 Å². The average Bonchev–Trinajstić information content (AvgIpc) is 2.91. The lowest BCUT2D eigenvalue weighted by Crippen LogP contribution is -2.02. The second-order valence-corrected chi connectivity index (χ2v) is 4.27. The Bertz CT molecular complexity index is 523. The monoisotopic (exact) mass is 219 g/mol. The first-order valence-electron chi connectivity index (χ1n) is 5.31. The smallest absolute Gasteiger partial charge is 0.165 e. The first kappa shape index (κ1) is 9.53. The third-order valence-corrected chi connectivity index (χ3v) is 3.16. The van der Waals surface area contributed by atoms with Gasteiger partial charge >= 0.3 is 0 Å². The third kappa shape index (κ3) is 1.42. The van der Waals surface area contributed by atoms with Crippen molar-refractivity contribution in [3.05, 3.63) is 12.7 Å². The van der Waals surface area contributed by atoms with Crippen molar-refractivity contribution in [1.29, 1.82) is 0 Å². The Morgan fingerprint density at radius 3 is 3.00 bits per heavy atom. The fourth-order valence-corrected chi connectivity index (χ4v) is 2.04. The van der Waals surface area contributed by atoms with Crippen molar-refractivity contribution in [1.82, 2.24) is 19.5 Å². The van der Waals surface area contributed by atoms with Crippen LogP contribution < -0.4 is 5.73 Å². The highest BCUT2D eigenvalue weighted by atomic mass is 16.3. The van der Waals surface area contributed by atoms with Gasteiger partial charge in [-0.1, -0.05) is 0 Å². The summed E-state index contributed by atoms with van der Waals surface area (Å²) in [7, 11) is 0. The van der Waals surface area contributed by atoms with Gasteiger partial charge in [0.25, 0.3) is 0 Å². The molecule has 6 heteroatoms. The molecule has 1 aliphatic rings. The molecule has 0 bridgehead atoms. The summed E-state index contributed by atoms with van der Waals surface area (Å²) in [6.07, 6.45) is 4.27. The van der Waals surface area contributed by atoms with E-state index in [0.717, 1.165) is 18.6 Å². The van der Waals surface area contributed by atoms with E-state index in [0.29, 0.717) is 23.2 Å². The van der Waals surface area contributed by atoms with Gasteiger partial charge in [-0.05, 0) is 18.3 Å². The summed E-state index contributed by atoms with van der Waals surface area (Å²) in [6.45, 7) is 1.12. The van der Waals surface area contributed by atoms with E-state index in [4.69, 9.17) is 10.8 Å². The van der Waals surface area contributed by atoms with Crippen LogP contribution in [0.25, 0.3) is 11.2 Å². The molecule has 2 heterocycles. The maximum Gasteiger partial charge on any atom is 0.165 e. The molecular weight excluding hydrogens is 206 g/mol. The van der Waals surface area contributed by atoms with Crippen LogP contribution in [0.2, 0.25) is 0 Å². The zero-order valence-corrected chi connectivity index (χ0v) is 8.74. The van der Waals surface area contributed by atoms with Crippen LogP contribution in [0.3, 0.4) is 0 Å². The second-order valence-electron chi connectivity index (χ2n) is 4.27. The van der Waals surface area contributed by atoms with Gasteiger partial charge in [-0.15, -0.1) is 0 Å². The van der Waals surface area contributed by atoms with Crippen LogP contribution in [-0.4, -0.2) is 31.2 Å². The number of aromatic nitrogens is 4. The first-order chi connectivity index (χ1) is 7.79. The molecule has 0 amide bonds. The summed E-state index contributed by atoms with van der Waals surface area (Å²) in [5.41, 5.74) is 7.13. The maximum atomic E-state index is 8.99. The molecule has 1 saturated carbocycles. The van der Waals surface area contributed by atoms with Crippen LogP contribution in [0.4, 0.5) is 5.82 Å². The predicted octanol–water partition coefficient (Wildman–Crippen LogP) is 0.0369. The Morgan fingerprint density at radius 1 is 1.38 bits per heavy atom. The highest BCUT2D eigenvalue weighted by Crippen LogP contribution is 2.39. The molecule has 0 saturated heterocycles. The average molecular weight is 219 g/mol. The number of aliphatic hydroxyl groups is 1. The van der Waals surface area contributed by atoms with Gasteiger partial charge in [0.15, 0.2) is 11.5 Å². The van der Waals surface area contributed by atoms with Gasteiger partial charge in [-0.3, -0.25) is 0 Å². The van der Waals surface area contributed by atoms with Crippen molar-refractivity contribution in [2.45, 2.75) is 13.0 Å². The lowest BCUT2D eigenvalue weighted by molar-refractivity contribution is 0.266. The number of imidazole rings is 1. The van der Waals surface area contributed by atoms with Crippen molar-refractivity contribution in [2.75, 3.05) is 12.3 Å². The number of fused-ring (bicyclic) bond motifs is 1. The van der Waals surface area contributed by atoms with E-state index in [1.54, 1.807) is 6.33 Å². The molecule has 0 spiro atoms. The standard InChI is InChI=1S/C10H13N5O/c11-9-8-10(13-4-12-9)15(5-14-8)2-6-1-7(6)3-16/h4-7,16H,1-3H2,(H2,11,12,13)/t6-,7+/m1/s1. The number of nitrogens with zero attached hydrogens (tertiary/aromatic N) is 4. The van der Waals surface area contributed by atoms with Crippen LogP contribution in [0.15, 0.2) is 12.7 Å². The predicted molar refractivity (Wildman–Crippen MR) is 58.4 cm³/mol. The third-order valence-electron chi connectivity index (χ3n) is 3.16. The van der Waals surface area contributed by atoms with Crippen molar-refractivity contribution < 1.29 is 5.11 Å². The minimum absolute atomic E-state index is 0.272. The van der Waals surface area contributed by atoms with Crippen molar-refractivity contribution in [3.63, 3.8) is 0 Å². The van der Waals surface area contributed by atoms with E-state index < -0.39 is 0 Å². The molecule has 0 radical (unpaired) electrons. The lowest BCUT2D eigenvalue weighted by Gasteiger charge is -2.02. The molecule has 0 aliphatic heterocycles. The van der Waals surface area contributed by atoms with E-state index in [2.05, 4.69) is 15.0 Å². The molecule has 2 aromatic heterocycles. The maximum absolute atomic E-state index is 8.99. The number of hydrogen-bond acceptors (Lipinski definition) is 5. The van der Waals surface area contributed by atoms with Gasteiger partial charge in [-0.2, -0.15) is 0 Å². The SMILES string of the molecule is Nc1ncnc2c1ncn2C[C@H]1C[C@H]1CO. The fourth-order valence-electron chi connectivity index (χ4n) is 2.04. The number of hydrogen-bond donors (Lipinski definition) is 2. The number of nitrogen functional groups attached to an aromatic ring is 1. The van der Waals surface area contributed by atoms with Gasteiger partial charge in [0.1, 0.15) is 11.8 Å². The molecule has 6 nitrogen and oxygen atoms in total. The molecule has 0 unspecified atom stereocenters. The van der Waals surface area contributed by atoms with Crippen molar-refractivity contribution >= 4 is 17.0 Å². The number of rotatable bonds is 3. The molecule has 3 N–H and O–H groups in total. The first-order valence-corrected chi connectivity index (χ1v) is 5.31. The zero-order valence-electron chi connectivity index (χ0n) is 8.74. The highest BCUT2D eigenvalue weighted by Gasteiger charge is 2.36. The normalized spacial score (nSPS) is 23.8. The number of nitrogens with two attached hydrogens (primary N) is 1. The van der Waals surface area contributed by atoms with E-state index in [-0.39, 0.29) is 6.61 Å². The molecular formula is C10H13N5O. The van der Waals surface area contributed by atoms with E-state index in [1.165, 1.54) is 6.33 Å². The van der Waals surface area contributed by atoms with E-state index in [9.17, 15) is 0 Å². The van der Waals surface area contributed by atoms with Crippen LogP contribution in [-0.2, 0) is 6.54 Å². The Hall–Kier alpha value is -1.69. The minimum Gasteiger partial charge on any atom is -0.396 e. The largest absolute Gasteiger partial charge is 0.396 e. The molecule has 1 aliphatic carbocycles. The zero-order chi connectivity index (χ0) is 11.1. The van der Waals surface area contributed by atoms with Crippen LogP contribution in [0, 0.1) is 11.8 Å². The van der Waals surface area contributed by atoms with E-state index in [1.807, 2.05) is 4.57 Å². The fraction of sp³-hybridized carbons (Fsp3) is 0.500. The summed E-state index contributed by atoms with van der Waals surface area (Å²) in [5, 5.41) is 8.99. The van der Waals surface area contributed by atoms with Gasteiger partial charge in [0.05, 0.1) is 6.33 Å². The van der Waals surface area contributed by atoms with Gasteiger partial charge < -0.3 is 15.4 Å². The number of anilines is 1. The van der Waals surface area contributed by atoms with Gasteiger partial charge in [0, 0.05) is 13.2 Å². The second kappa shape index (κ2) is 3.41. The highest BCUT2D eigenvalue weighted by molar-refractivity contribution is 5.81. The summed E-state index contributed by atoms with van der Waals surface area (Å²) >= 11 is 0. The number of aliphatic hydroxyl groups excluding tert-OH is 1. The molecule has 84 valence electrons. The molecule has 2 atom stereocenters. The Morgan fingerprint density at radius 2 is 2.25 bits per heavy atom. The molecule has 16 heavy (non-hydrogen) atoms. The summed E-state index contributed by atoms with van der Waals surface area (Å²) in [6, 6.07) is 0. The summed E-state index contributed by atoms with van der Waals surface area (Å²) < 4.78 is 1.98. The molecule has 3 rings (SSSR count). The summed E-state index contributed by atoms with van der Waals surface area (Å²) in [4.78, 5) is 12.3. The summed E-state index contributed by atoms with van der Waals surface area (Å²) in [5.74, 6) is 1.40. The minimum atomic E-state index is 0.272. The molecule has 2 aromatic rings. The molecule has 0 aromatic carbocycles. The van der Waals surface area contributed by atoms with E-state index >= 15 is 0 Å². The van der Waals surface area contributed by atoms with Gasteiger partial charge in [-0.25, -0.2) is 15.0 Å². The van der Waals surface area contributed by atoms with Crippen LogP contribution in [0.1, 0.15) is 6.42 Å². The lowest BCUT2D eigenvalue weighted by atomic mass is 10.3. The Balaban J connectivity index is 1.90. The Kier molecular flexibility index (Phi) is 2.03.